The lowest BCUT2D eigenvalue weighted by atomic mass is 10.0. The summed E-state index contributed by atoms with van der Waals surface area (Å²) in [7, 11) is 0. The van der Waals surface area contributed by atoms with E-state index in [1.54, 1.807) is 6.08 Å². The van der Waals surface area contributed by atoms with E-state index in [1.807, 2.05) is 6.08 Å². The smallest absolute Gasteiger partial charge is 0.305 e. The van der Waals surface area contributed by atoms with Crippen LogP contribution in [-0.4, -0.2) is 47.4 Å². The molecule has 412 valence electrons. The Bertz CT molecular complexity index is 1130. The number of esters is 1. The molecule has 0 radical (unpaired) electrons. The van der Waals surface area contributed by atoms with Crippen molar-refractivity contribution < 1.29 is 24.5 Å². The SMILES string of the molecule is CCCCC/C=C\CCCCCCCC(=O)OCCCCCCCCCC/C=C\CCCCCCCCCC(=O)NC(CO)C(O)/C=C/CCCCCCCCCCCCCCCCCCCCCC. The highest BCUT2D eigenvalue weighted by Crippen LogP contribution is 2.17. The Morgan fingerprint density at radius 2 is 0.671 bits per heavy atom. The molecule has 0 spiro atoms. The summed E-state index contributed by atoms with van der Waals surface area (Å²) in [5.41, 5.74) is 0. The van der Waals surface area contributed by atoms with Crippen LogP contribution in [0, 0.1) is 0 Å². The van der Waals surface area contributed by atoms with Gasteiger partial charge < -0.3 is 20.3 Å². The molecule has 0 saturated heterocycles. The largest absolute Gasteiger partial charge is 0.466 e. The number of aliphatic hydroxyl groups excluding tert-OH is 2. The predicted molar refractivity (Wildman–Crippen MR) is 306 cm³/mol. The van der Waals surface area contributed by atoms with Crippen LogP contribution in [0.5, 0.6) is 0 Å². The van der Waals surface area contributed by atoms with E-state index in [2.05, 4.69) is 43.5 Å². The van der Waals surface area contributed by atoms with Crippen LogP contribution in [0.4, 0.5) is 0 Å². The Labute approximate surface area is 436 Å². The summed E-state index contributed by atoms with van der Waals surface area (Å²) >= 11 is 0. The van der Waals surface area contributed by atoms with Gasteiger partial charge in [0.05, 0.1) is 25.4 Å². The predicted octanol–water partition coefficient (Wildman–Crippen LogP) is 19.6. The Balaban J connectivity index is 3.48. The summed E-state index contributed by atoms with van der Waals surface area (Å²) in [5, 5.41) is 23.2. The van der Waals surface area contributed by atoms with Gasteiger partial charge in [0.15, 0.2) is 0 Å². The van der Waals surface area contributed by atoms with Gasteiger partial charge in [-0.3, -0.25) is 9.59 Å². The van der Waals surface area contributed by atoms with Crippen LogP contribution in [0.3, 0.4) is 0 Å². The molecule has 0 saturated carbocycles. The number of hydrogen-bond donors (Lipinski definition) is 3. The topological polar surface area (TPSA) is 95.9 Å². The number of rotatable bonds is 58. The maximum atomic E-state index is 12.5. The zero-order chi connectivity index (χ0) is 50.7. The lowest BCUT2D eigenvalue weighted by Gasteiger charge is -2.20. The zero-order valence-electron chi connectivity index (χ0n) is 47.0. The minimum atomic E-state index is -0.852. The van der Waals surface area contributed by atoms with Gasteiger partial charge in [0.1, 0.15) is 0 Å². The third kappa shape index (κ3) is 55.4. The second-order valence-corrected chi connectivity index (χ2v) is 21.4. The fraction of sp³-hybridized carbons (Fsp3) is 0.875. The number of hydrogen-bond acceptors (Lipinski definition) is 5. The molecule has 0 aromatic heterocycles. The average molecular weight is 985 g/mol. The Hall–Kier alpha value is -1.92. The highest BCUT2D eigenvalue weighted by molar-refractivity contribution is 5.76. The van der Waals surface area contributed by atoms with Crippen LogP contribution in [0.25, 0.3) is 0 Å². The molecule has 6 heteroatoms. The van der Waals surface area contributed by atoms with Gasteiger partial charge in [-0.15, -0.1) is 0 Å². The highest BCUT2D eigenvalue weighted by Gasteiger charge is 2.18. The van der Waals surface area contributed by atoms with E-state index >= 15 is 0 Å². The zero-order valence-corrected chi connectivity index (χ0v) is 47.0. The van der Waals surface area contributed by atoms with Gasteiger partial charge in [-0.05, 0) is 83.5 Å². The summed E-state index contributed by atoms with van der Waals surface area (Å²) in [5.74, 6) is -0.0820. The second-order valence-electron chi connectivity index (χ2n) is 21.4. The lowest BCUT2D eigenvalue weighted by molar-refractivity contribution is -0.143. The van der Waals surface area contributed by atoms with Crippen molar-refractivity contribution in [3.05, 3.63) is 36.5 Å². The van der Waals surface area contributed by atoms with Crippen LogP contribution < -0.4 is 5.32 Å². The number of nitrogens with one attached hydrogen (secondary N) is 1. The fourth-order valence-electron chi connectivity index (χ4n) is 9.57. The van der Waals surface area contributed by atoms with E-state index in [1.165, 1.54) is 257 Å². The quantitative estimate of drug-likeness (QED) is 0.0321. The highest BCUT2D eigenvalue weighted by atomic mass is 16.5. The molecule has 3 N–H and O–H groups in total. The van der Waals surface area contributed by atoms with E-state index < -0.39 is 12.1 Å². The number of aliphatic hydroxyl groups is 2. The fourth-order valence-corrected chi connectivity index (χ4v) is 9.57. The van der Waals surface area contributed by atoms with Crippen molar-refractivity contribution in [3.63, 3.8) is 0 Å². The maximum absolute atomic E-state index is 12.5. The summed E-state index contributed by atoms with van der Waals surface area (Å²) in [6.07, 6.45) is 74.7. The molecule has 0 bridgehead atoms. The molecule has 0 aliphatic heterocycles. The van der Waals surface area contributed by atoms with E-state index in [9.17, 15) is 19.8 Å². The number of carbonyl (C=O) groups excluding carboxylic acids is 2. The average Bonchev–Trinajstić information content (AvgIpc) is 3.36. The summed E-state index contributed by atoms with van der Waals surface area (Å²) < 4.78 is 5.46. The van der Waals surface area contributed by atoms with Crippen molar-refractivity contribution in [2.24, 2.45) is 0 Å². The minimum Gasteiger partial charge on any atom is -0.466 e. The number of ether oxygens (including phenoxy) is 1. The van der Waals surface area contributed by atoms with Crippen LogP contribution in [0.2, 0.25) is 0 Å². The van der Waals surface area contributed by atoms with Gasteiger partial charge in [0.2, 0.25) is 5.91 Å². The first-order valence-corrected chi connectivity index (χ1v) is 31.3. The van der Waals surface area contributed by atoms with Crippen molar-refractivity contribution in [1.82, 2.24) is 5.32 Å². The van der Waals surface area contributed by atoms with E-state index in [-0.39, 0.29) is 18.5 Å². The van der Waals surface area contributed by atoms with Crippen molar-refractivity contribution in [3.8, 4) is 0 Å². The Morgan fingerprint density at radius 1 is 0.386 bits per heavy atom. The maximum Gasteiger partial charge on any atom is 0.305 e. The molecule has 2 atom stereocenters. The van der Waals surface area contributed by atoms with Crippen molar-refractivity contribution >= 4 is 11.9 Å². The number of carbonyl (C=O) groups is 2. The monoisotopic (exact) mass is 984 g/mol. The van der Waals surface area contributed by atoms with E-state index in [0.29, 0.717) is 19.4 Å². The van der Waals surface area contributed by atoms with Gasteiger partial charge in [0.25, 0.3) is 0 Å². The first-order chi connectivity index (χ1) is 34.5. The summed E-state index contributed by atoms with van der Waals surface area (Å²) in [6, 6.07) is -0.636. The van der Waals surface area contributed by atoms with Gasteiger partial charge in [-0.25, -0.2) is 0 Å². The molecule has 0 aliphatic rings. The van der Waals surface area contributed by atoms with Crippen molar-refractivity contribution in [2.45, 2.75) is 347 Å². The Kier molecular flexibility index (Phi) is 58.0. The van der Waals surface area contributed by atoms with Gasteiger partial charge in [-0.1, -0.05) is 275 Å². The molecule has 0 fully saturated rings. The van der Waals surface area contributed by atoms with Crippen LogP contribution in [0.15, 0.2) is 36.5 Å². The van der Waals surface area contributed by atoms with Crippen molar-refractivity contribution in [1.29, 1.82) is 0 Å². The molecule has 0 rings (SSSR count). The van der Waals surface area contributed by atoms with Gasteiger partial charge in [0, 0.05) is 12.8 Å². The molecule has 0 aliphatic carbocycles. The molecule has 70 heavy (non-hydrogen) atoms. The summed E-state index contributed by atoms with van der Waals surface area (Å²) in [6.45, 7) is 4.88. The molecular formula is C64H121NO5. The summed E-state index contributed by atoms with van der Waals surface area (Å²) in [4.78, 5) is 24.5. The van der Waals surface area contributed by atoms with E-state index in [0.717, 1.165) is 51.4 Å². The van der Waals surface area contributed by atoms with Crippen molar-refractivity contribution in [2.75, 3.05) is 13.2 Å². The molecule has 2 unspecified atom stereocenters. The van der Waals surface area contributed by atoms with Crippen LogP contribution >= 0.6 is 0 Å². The minimum absolute atomic E-state index is 0.00678. The Morgan fingerprint density at radius 3 is 1.04 bits per heavy atom. The molecule has 0 aromatic rings. The number of unbranched alkanes of at least 4 members (excludes halogenated alkanes) is 43. The number of allylic oxidation sites excluding steroid dienone is 5. The molecule has 6 nitrogen and oxygen atoms in total. The molecule has 0 heterocycles. The third-order valence-electron chi connectivity index (χ3n) is 14.4. The standard InChI is InChI=1S/C64H121NO5/c1-3-5-7-9-11-13-15-17-18-19-20-21-22-24-27-30-33-36-40-44-48-52-56-62(67)61(60-66)65-63(68)57-53-49-45-41-37-34-31-28-25-23-26-29-32-35-39-43-47-51-55-59-70-64(69)58-54-50-46-42-38-16-14-12-10-8-6-4-2/h12,14,23,25,52,56,61-62,66-67H,3-11,13,15-22,24,26-51,53-55,57-60H2,1-2H3,(H,65,68)/b14-12-,25-23-,56-52+. The van der Waals surface area contributed by atoms with Crippen LogP contribution in [0.1, 0.15) is 335 Å². The van der Waals surface area contributed by atoms with Gasteiger partial charge in [-0.2, -0.15) is 0 Å². The normalized spacial score (nSPS) is 12.8. The second kappa shape index (κ2) is 59.6. The first-order valence-electron chi connectivity index (χ1n) is 31.3. The van der Waals surface area contributed by atoms with Crippen LogP contribution in [-0.2, 0) is 14.3 Å². The van der Waals surface area contributed by atoms with Gasteiger partial charge >= 0.3 is 5.97 Å². The van der Waals surface area contributed by atoms with E-state index in [4.69, 9.17) is 4.74 Å². The lowest BCUT2D eigenvalue weighted by Crippen LogP contribution is -2.45. The molecule has 0 aromatic carbocycles. The molecule has 1 amide bonds. The third-order valence-corrected chi connectivity index (χ3v) is 14.4. The number of amides is 1. The first kappa shape index (κ1) is 68.1. The molecular weight excluding hydrogens is 863 g/mol.